The molecule has 0 fully saturated rings. The van der Waals surface area contributed by atoms with Gasteiger partial charge in [-0.2, -0.15) is 12.6 Å². The van der Waals surface area contributed by atoms with Crippen LogP contribution >= 0.6 is 12.6 Å². The van der Waals surface area contributed by atoms with E-state index in [1.54, 1.807) is 24.6 Å². The molecule has 7 nitrogen and oxygen atoms in total. The van der Waals surface area contributed by atoms with Crippen LogP contribution < -0.4 is 26.5 Å². The van der Waals surface area contributed by atoms with E-state index in [9.17, 15) is 0 Å². The predicted octanol–water partition coefficient (Wildman–Crippen LogP) is 17.7. The maximum Gasteiger partial charge on any atom is 0.152 e. The first kappa shape index (κ1) is 64.2. The number of nitrogens with zero attached hydrogens (tertiary/aromatic N) is 4. The first-order valence-corrected chi connectivity index (χ1v) is 29.6. The van der Waals surface area contributed by atoms with Gasteiger partial charge in [0, 0.05) is 28.1 Å². The van der Waals surface area contributed by atoms with Crippen molar-refractivity contribution in [3.05, 3.63) is 276 Å². The summed E-state index contributed by atoms with van der Waals surface area (Å²) in [5, 5.41) is 14.4. The van der Waals surface area contributed by atoms with Crippen LogP contribution in [0.2, 0.25) is 0 Å². The number of amidine groups is 1. The molecule has 0 spiro atoms. The first-order valence-electron chi connectivity index (χ1n) is 28.7. The highest BCUT2D eigenvalue weighted by molar-refractivity contribution is 7.79. The minimum atomic E-state index is -0.105. The summed E-state index contributed by atoms with van der Waals surface area (Å²) in [7, 11) is 0. The number of aromatic nitrogens is 2. The Balaban J connectivity index is 0.000000692. The number of aryl methyl sites for hydroxylation is 1. The second kappa shape index (κ2) is 34.5. The molecule has 0 bridgehead atoms. The summed E-state index contributed by atoms with van der Waals surface area (Å²) in [6, 6.07) is 28.5. The van der Waals surface area contributed by atoms with E-state index in [-0.39, 0.29) is 18.1 Å². The van der Waals surface area contributed by atoms with Gasteiger partial charge in [-0.15, -0.1) is 0 Å². The van der Waals surface area contributed by atoms with Crippen LogP contribution in [-0.4, -0.2) is 40.9 Å². The van der Waals surface area contributed by atoms with Gasteiger partial charge < -0.3 is 16.0 Å². The predicted molar refractivity (Wildman–Crippen MR) is 366 cm³/mol. The lowest BCUT2D eigenvalue weighted by Crippen LogP contribution is -2.36. The van der Waals surface area contributed by atoms with Gasteiger partial charge in [0.25, 0.3) is 0 Å². The molecule has 3 aromatic carbocycles. The molecule has 82 heavy (non-hydrogen) atoms. The number of fused-ring (bicyclic) bond motifs is 5. The number of hydrogen-bond acceptors (Lipinski definition) is 8. The number of aliphatic imine (C=N–C) groups is 2. The number of allylic oxidation sites excluding steroid dienone is 14. The summed E-state index contributed by atoms with van der Waals surface area (Å²) in [5.41, 5.74) is 16.5. The third kappa shape index (κ3) is 17.2. The molecule has 8 heteroatoms. The number of rotatable bonds is 13. The Labute approximate surface area is 496 Å². The molecule has 0 radical (unpaired) electrons. The Morgan fingerprint density at radius 3 is 2.17 bits per heavy atom. The Morgan fingerprint density at radius 2 is 1.50 bits per heavy atom. The molecule has 3 unspecified atom stereocenters. The van der Waals surface area contributed by atoms with Crippen LogP contribution in [0.1, 0.15) is 108 Å². The van der Waals surface area contributed by atoms with Crippen molar-refractivity contribution in [1.82, 2.24) is 15.3 Å². The molecule has 422 valence electrons. The van der Waals surface area contributed by atoms with E-state index in [0.717, 1.165) is 110 Å². The Hall–Kier alpha value is -8.59. The second-order valence-electron chi connectivity index (χ2n) is 18.7. The molecule has 5 aromatic rings. The number of pyridine rings is 2. The van der Waals surface area contributed by atoms with Crippen molar-refractivity contribution in [3.63, 3.8) is 0 Å². The van der Waals surface area contributed by atoms with Gasteiger partial charge in [-0.25, -0.2) is 9.97 Å². The number of thiol groups is 1. The van der Waals surface area contributed by atoms with Crippen molar-refractivity contribution in [2.75, 3.05) is 16.9 Å². The summed E-state index contributed by atoms with van der Waals surface area (Å²) >= 11 is 3.53. The molecule has 0 saturated heterocycles. The zero-order valence-corrected chi connectivity index (χ0v) is 50.6. The van der Waals surface area contributed by atoms with Crippen molar-refractivity contribution in [2.24, 2.45) is 9.98 Å². The fraction of sp³-hybridized carbons (Fsp3) is 0.216. The van der Waals surface area contributed by atoms with Crippen molar-refractivity contribution in [1.29, 1.82) is 0 Å². The van der Waals surface area contributed by atoms with Crippen molar-refractivity contribution >= 4 is 71.3 Å². The van der Waals surface area contributed by atoms with Crippen LogP contribution in [0.15, 0.2) is 247 Å². The Morgan fingerprint density at radius 1 is 0.732 bits per heavy atom. The third-order valence-electron chi connectivity index (χ3n) is 13.5. The van der Waals surface area contributed by atoms with E-state index in [1.165, 1.54) is 28.0 Å². The van der Waals surface area contributed by atoms with Gasteiger partial charge in [0.1, 0.15) is 5.69 Å². The summed E-state index contributed by atoms with van der Waals surface area (Å²) in [5.74, 6) is 0.762. The molecule has 5 heterocycles. The molecule has 2 aromatic heterocycles. The van der Waals surface area contributed by atoms with Crippen LogP contribution in [0.4, 0.5) is 11.4 Å². The monoisotopic (exact) mass is 1100 g/mol. The molecular formula is C74H85N7S. The topological polar surface area (TPSA) is 86.6 Å². The lowest BCUT2D eigenvalue weighted by molar-refractivity contribution is 0.713. The lowest BCUT2D eigenvalue weighted by Gasteiger charge is -2.33. The number of hydrogen-bond donors (Lipinski definition) is 4. The first-order chi connectivity index (χ1) is 40.3. The average molecular weight is 1100 g/mol. The molecule has 3 N–H and O–H groups in total. The number of nitrogens with one attached hydrogen (secondary N) is 3. The van der Waals surface area contributed by atoms with Gasteiger partial charge in [-0.05, 0) is 147 Å². The van der Waals surface area contributed by atoms with Gasteiger partial charge >= 0.3 is 0 Å². The molecular weight excluding hydrogens is 1020 g/mol. The van der Waals surface area contributed by atoms with E-state index in [0.29, 0.717) is 0 Å². The van der Waals surface area contributed by atoms with Crippen LogP contribution in [0.25, 0.3) is 46.0 Å². The largest absolute Gasteiger partial charge is 0.376 e. The normalized spacial score (nSPS) is 17.3. The lowest BCUT2D eigenvalue weighted by atomic mass is 9.90. The number of benzene rings is 3. The summed E-state index contributed by atoms with van der Waals surface area (Å²) < 4.78 is 0. The fourth-order valence-corrected chi connectivity index (χ4v) is 9.66. The van der Waals surface area contributed by atoms with E-state index in [4.69, 9.17) is 15.0 Å². The highest BCUT2D eigenvalue weighted by Crippen LogP contribution is 2.42. The van der Waals surface area contributed by atoms with E-state index < -0.39 is 0 Å². The molecule has 5 aliphatic rings. The van der Waals surface area contributed by atoms with Gasteiger partial charge in [0.05, 0.1) is 46.1 Å². The van der Waals surface area contributed by atoms with Crippen LogP contribution in [-0.2, 0) is 6.42 Å². The highest BCUT2D eigenvalue weighted by Gasteiger charge is 2.26. The average Bonchev–Trinajstić information content (AvgIpc) is 3.93. The van der Waals surface area contributed by atoms with E-state index in [2.05, 4.69) is 212 Å². The molecule has 0 saturated carbocycles. The zero-order valence-electron chi connectivity index (χ0n) is 49.7. The minimum absolute atomic E-state index is 0.0509. The minimum Gasteiger partial charge on any atom is -0.376 e. The third-order valence-corrected chi connectivity index (χ3v) is 13.5. The maximum atomic E-state index is 5.19. The van der Waals surface area contributed by atoms with E-state index in [1.807, 2.05) is 91.0 Å². The molecule has 3 aliphatic heterocycles. The van der Waals surface area contributed by atoms with Gasteiger partial charge in [0.15, 0.2) is 5.84 Å². The maximum absolute atomic E-state index is 5.19. The molecule has 0 amide bonds. The van der Waals surface area contributed by atoms with Gasteiger partial charge in [-0.1, -0.05) is 218 Å². The Bertz CT molecular complexity index is 3500. The van der Waals surface area contributed by atoms with Gasteiger partial charge in [-0.3, -0.25) is 9.98 Å². The summed E-state index contributed by atoms with van der Waals surface area (Å²) in [6.07, 6.45) is 49.6. The van der Waals surface area contributed by atoms with Crippen LogP contribution in [0.5, 0.6) is 0 Å². The molecule has 2 aliphatic carbocycles. The van der Waals surface area contributed by atoms with Crippen molar-refractivity contribution < 1.29 is 0 Å². The van der Waals surface area contributed by atoms with Gasteiger partial charge in [0.2, 0.25) is 0 Å². The molecule has 10 rings (SSSR count). The smallest absolute Gasteiger partial charge is 0.152 e. The summed E-state index contributed by atoms with van der Waals surface area (Å²) in [6.45, 7) is 32.7. The van der Waals surface area contributed by atoms with Crippen molar-refractivity contribution in [3.8, 4) is 11.3 Å². The second-order valence-corrected chi connectivity index (χ2v) is 18.7. The fourth-order valence-electron chi connectivity index (χ4n) is 9.66. The SMILES string of the molecule is C=C/C=C\C.C=C/C=C\C(=C)C1CCc2ccc3c(c2N1)NC(c1ccc(-c2ccc4cc(C5=CCC=c6nc(C7=NC(C8=CCCC=C8)C=C(C(/C=C\C)=C/C=C)N7)ccc6=C5)ccc4n2)cc1)C=C3.C=N/C=C\C.CC.CC.CS. The van der Waals surface area contributed by atoms with Crippen molar-refractivity contribution in [2.45, 2.75) is 98.7 Å². The van der Waals surface area contributed by atoms with Crippen LogP contribution in [0, 0.1) is 0 Å². The molecule has 3 atom stereocenters. The van der Waals surface area contributed by atoms with E-state index >= 15 is 0 Å². The van der Waals surface area contributed by atoms with Crippen LogP contribution in [0.3, 0.4) is 0 Å². The zero-order chi connectivity index (χ0) is 59.2. The Kier molecular flexibility index (Phi) is 27.0. The standard InChI is InChI=1S/C60H54N6.C5H8.C4H7N.2C2H6.CH4S/c1-5-8-15-39(4)50-31-26-44-24-25-45-27-32-53(64-59(45)58(44)63-50)43-22-20-42(21-23-43)52-34-29-49-37-47(28-33-54(49)61-52)46-18-12-19-51-48(36-46)30-35-55(62-51)60-65-56(40(13-6-2)14-7-3)38-57(66-60)41-16-10-9-11-17-41;1-3-5-4-2;1-3-4-5-2;3*1-2/h5-8,10,13-25,27-30,32-38,50,53,57,63-64H,1-2,4,9,11-12,26,31H2,3H3,(H,65,66);3-5H,1H2,2H3;3-4H,2H2,1H3;2*1-2H3;2H,1H3/b14-7-,15-8-,40-13+;5-4-;4-3-;;;. The highest BCUT2D eigenvalue weighted by atomic mass is 32.1. The summed E-state index contributed by atoms with van der Waals surface area (Å²) in [4.78, 5) is 18.9. The number of anilines is 2. The quantitative estimate of drug-likeness (QED) is 0.0536.